The van der Waals surface area contributed by atoms with E-state index in [0.717, 1.165) is 6.07 Å². The lowest BCUT2D eigenvalue weighted by atomic mass is 10.1. The maximum Gasteiger partial charge on any atom is 0.307 e. The highest BCUT2D eigenvalue weighted by atomic mass is 19.1. The van der Waals surface area contributed by atoms with Crippen molar-refractivity contribution in [3.63, 3.8) is 0 Å². The molecule has 1 rings (SSSR count). The summed E-state index contributed by atoms with van der Waals surface area (Å²) in [6.07, 6.45) is -0.00516. The summed E-state index contributed by atoms with van der Waals surface area (Å²) in [5, 5.41) is 11.7. The van der Waals surface area contributed by atoms with Crippen molar-refractivity contribution in [2.45, 2.75) is 13.3 Å². The zero-order valence-electron chi connectivity index (χ0n) is 9.90. The minimum absolute atomic E-state index is 0.00516. The number of aromatic hydroxyl groups is 1. The molecular formula is C12H14FNO4. The van der Waals surface area contributed by atoms with Crippen LogP contribution in [-0.4, -0.2) is 30.1 Å². The Morgan fingerprint density at radius 3 is 2.78 bits per heavy atom. The highest BCUT2D eigenvalue weighted by molar-refractivity contribution is 5.97. The number of esters is 1. The van der Waals surface area contributed by atoms with Gasteiger partial charge in [0.15, 0.2) is 0 Å². The van der Waals surface area contributed by atoms with Crippen LogP contribution >= 0.6 is 0 Å². The van der Waals surface area contributed by atoms with E-state index in [1.807, 2.05) is 0 Å². The second-order valence-corrected chi connectivity index (χ2v) is 3.44. The first-order valence-electron chi connectivity index (χ1n) is 5.47. The number of nitrogens with one attached hydrogen (secondary N) is 1. The Labute approximate surface area is 104 Å². The largest absolute Gasteiger partial charge is 0.507 e. The van der Waals surface area contributed by atoms with Crippen molar-refractivity contribution in [1.82, 2.24) is 5.32 Å². The Morgan fingerprint density at radius 1 is 1.44 bits per heavy atom. The number of hydrogen-bond acceptors (Lipinski definition) is 4. The molecule has 1 aromatic carbocycles. The van der Waals surface area contributed by atoms with Gasteiger partial charge < -0.3 is 15.2 Å². The quantitative estimate of drug-likeness (QED) is 0.775. The lowest BCUT2D eigenvalue weighted by molar-refractivity contribution is -0.142. The Kier molecular flexibility index (Phi) is 5.10. The number of carbonyl (C=O) groups is 2. The molecule has 0 fully saturated rings. The summed E-state index contributed by atoms with van der Waals surface area (Å²) in [6.45, 7) is 1.96. The highest BCUT2D eigenvalue weighted by Gasteiger charge is 2.16. The normalized spacial score (nSPS) is 9.89. The molecule has 1 amide bonds. The van der Waals surface area contributed by atoms with E-state index in [9.17, 15) is 19.1 Å². The molecule has 0 heterocycles. The summed E-state index contributed by atoms with van der Waals surface area (Å²) in [7, 11) is 0. The number of amides is 1. The van der Waals surface area contributed by atoms with E-state index in [2.05, 4.69) is 10.1 Å². The average molecular weight is 255 g/mol. The Bertz CT molecular complexity index is 427. The van der Waals surface area contributed by atoms with Gasteiger partial charge >= 0.3 is 5.97 Å². The van der Waals surface area contributed by atoms with Gasteiger partial charge in [-0.25, -0.2) is 4.39 Å². The molecule has 0 atom stereocenters. The molecule has 6 heteroatoms. The van der Waals surface area contributed by atoms with E-state index in [0.29, 0.717) is 0 Å². The molecule has 18 heavy (non-hydrogen) atoms. The van der Waals surface area contributed by atoms with Crippen LogP contribution < -0.4 is 5.32 Å². The van der Waals surface area contributed by atoms with E-state index in [1.165, 1.54) is 12.1 Å². The number of hydrogen-bond donors (Lipinski definition) is 2. The molecule has 0 aliphatic carbocycles. The van der Waals surface area contributed by atoms with Crippen molar-refractivity contribution in [3.05, 3.63) is 29.6 Å². The lowest BCUT2D eigenvalue weighted by Crippen LogP contribution is -2.27. The van der Waals surface area contributed by atoms with Crippen LogP contribution in [0.3, 0.4) is 0 Å². The highest BCUT2D eigenvalue weighted by Crippen LogP contribution is 2.19. The van der Waals surface area contributed by atoms with Gasteiger partial charge in [0.1, 0.15) is 17.1 Å². The summed E-state index contributed by atoms with van der Waals surface area (Å²) in [5.41, 5.74) is -0.429. The summed E-state index contributed by atoms with van der Waals surface area (Å²) in [5.74, 6) is -2.47. The topological polar surface area (TPSA) is 75.6 Å². The fraction of sp³-hybridized carbons (Fsp3) is 0.333. The zero-order valence-corrected chi connectivity index (χ0v) is 9.90. The van der Waals surface area contributed by atoms with Gasteiger partial charge in [-0.3, -0.25) is 9.59 Å². The van der Waals surface area contributed by atoms with Crippen LogP contribution in [0.15, 0.2) is 18.2 Å². The number of phenolic OH excluding ortho intramolecular Hbond substituents is 1. The average Bonchev–Trinajstić information content (AvgIpc) is 2.29. The van der Waals surface area contributed by atoms with Crippen molar-refractivity contribution >= 4 is 11.9 Å². The molecular weight excluding hydrogens is 241 g/mol. The molecule has 2 N–H and O–H groups in total. The Balaban J connectivity index is 2.53. The van der Waals surface area contributed by atoms with E-state index in [-0.39, 0.29) is 19.6 Å². The standard InChI is InChI=1S/C12H14FNO4/c1-2-18-10(16)6-7-14-12(17)11-8(13)4-3-5-9(11)15/h3-5,15H,2,6-7H2,1H3,(H,14,17). The minimum Gasteiger partial charge on any atom is -0.507 e. The summed E-state index contributed by atoms with van der Waals surface area (Å²) in [4.78, 5) is 22.6. The van der Waals surface area contributed by atoms with Crippen molar-refractivity contribution in [3.8, 4) is 5.75 Å². The van der Waals surface area contributed by atoms with Gasteiger partial charge in [-0.15, -0.1) is 0 Å². The molecule has 0 spiro atoms. The minimum atomic E-state index is -0.816. The Morgan fingerprint density at radius 2 is 2.17 bits per heavy atom. The van der Waals surface area contributed by atoms with Crippen LogP contribution in [0.25, 0.3) is 0 Å². The summed E-state index contributed by atoms with van der Waals surface area (Å²) < 4.78 is 18.0. The third-order valence-electron chi connectivity index (χ3n) is 2.14. The van der Waals surface area contributed by atoms with Crippen LogP contribution in [0.2, 0.25) is 0 Å². The molecule has 0 bridgehead atoms. The van der Waals surface area contributed by atoms with Gasteiger partial charge in [-0.1, -0.05) is 6.07 Å². The first-order valence-corrected chi connectivity index (χ1v) is 5.47. The second-order valence-electron chi connectivity index (χ2n) is 3.44. The molecule has 0 radical (unpaired) electrons. The number of phenols is 1. The molecule has 0 saturated heterocycles. The van der Waals surface area contributed by atoms with Crippen LogP contribution in [0.1, 0.15) is 23.7 Å². The Hall–Kier alpha value is -2.11. The smallest absolute Gasteiger partial charge is 0.307 e. The van der Waals surface area contributed by atoms with Crippen LogP contribution in [0.5, 0.6) is 5.75 Å². The fourth-order valence-electron chi connectivity index (χ4n) is 1.34. The molecule has 0 aromatic heterocycles. The molecule has 1 aromatic rings. The first kappa shape index (κ1) is 14.0. The van der Waals surface area contributed by atoms with Gasteiger partial charge in [-0.05, 0) is 19.1 Å². The zero-order chi connectivity index (χ0) is 13.5. The molecule has 0 unspecified atom stereocenters. The number of benzene rings is 1. The van der Waals surface area contributed by atoms with Crippen molar-refractivity contribution in [2.24, 2.45) is 0 Å². The number of carbonyl (C=O) groups excluding carboxylic acids is 2. The maximum atomic E-state index is 13.3. The molecule has 0 saturated carbocycles. The van der Waals surface area contributed by atoms with Gasteiger partial charge in [0.25, 0.3) is 5.91 Å². The van der Waals surface area contributed by atoms with Crippen LogP contribution in [-0.2, 0) is 9.53 Å². The van der Waals surface area contributed by atoms with Gasteiger partial charge in [0, 0.05) is 6.54 Å². The maximum absolute atomic E-state index is 13.3. The molecule has 98 valence electrons. The molecule has 0 aliphatic rings. The van der Waals surface area contributed by atoms with E-state index < -0.39 is 29.0 Å². The first-order chi connectivity index (χ1) is 8.56. The van der Waals surface area contributed by atoms with Crippen LogP contribution in [0, 0.1) is 5.82 Å². The van der Waals surface area contributed by atoms with E-state index in [4.69, 9.17) is 0 Å². The SMILES string of the molecule is CCOC(=O)CCNC(=O)c1c(O)cccc1F. The van der Waals surface area contributed by atoms with Gasteiger partial charge in [-0.2, -0.15) is 0 Å². The van der Waals surface area contributed by atoms with Gasteiger partial charge in [0.2, 0.25) is 0 Å². The number of ether oxygens (including phenoxy) is 1. The number of halogens is 1. The van der Waals surface area contributed by atoms with Crippen LogP contribution in [0.4, 0.5) is 4.39 Å². The summed E-state index contributed by atoms with van der Waals surface area (Å²) in [6, 6.07) is 3.57. The fourth-order valence-corrected chi connectivity index (χ4v) is 1.34. The lowest BCUT2D eigenvalue weighted by Gasteiger charge is -2.07. The third-order valence-corrected chi connectivity index (χ3v) is 2.14. The molecule has 0 aliphatic heterocycles. The predicted molar refractivity (Wildman–Crippen MR) is 61.6 cm³/mol. The third kappa shape index (κ3) is 3.73. The second kappa shape index (κ2) is 6.58. The van der Waals surface area contributed by atoms with Gasteiger partial charge in [0.05, 0.1) is 13.0 Å². The molecule has 5 nitrogen and oxygen atoms in total. The number of rotatable bonds is 5. The van der Waals surface area contributed by atoms with Crippen molar-refractivity contribution < 1.29 is 23.8 Å². The summed E-state index contributed by atoms with van der Waals surface area (Å²) >= 11 is 0. The van der Waals surface area contributed by atoms with E-state index in [1.54, 1.807) is 6.92 Å². The predicted octanol–water partition coefficient (Wildman–Crippen LogP) is 1.21. The van der Waals surface area contributed by atoms with E-state index >= 15 is 0 Å². The monoisotopic (exact) mass is 255 g/mol. The van der Waals surface area contributed by atoms with Crippen molar-refractivity contribution in [2.75, 3.05) is 13.2 Å². The van der Waals surface area contributed by atoms with Crippen molar-refractivity contribution in [1.29, 1.82) is 0 Å².